The second-order valence-electron chi connectivity index (χ2n) is 5.80. The fraction of sp³-hybridized carbons (Fsp3) is 0.714. The Morgan fingerprint density at radius 2 is 1.76 bits per heavy atom. The summed E-state index contributed by atoms with van der Waals surface area (Å²) in [5.74, 6) is -0.0317. The molecule has 1 saturated heterocycles. The average Bonchev–Trinajstić information content (AvgIpc) is 2.67. The largest absolute Gasteiger partial charge is 0.480 e. The van der Waals surface area contributed by atoms with Gasteiger partial charge in [-0.15, -0.1) is 0 Å². The molecule has 0 spiro atoms. The van der Waals surface area contributed by atoms with Crippen molar-refractivity contribution in [2.75, 3.05) is 26.2 Å². The fourth-order valence-electron chi connectivity index (χ4n) is 2.74. The first-order valence-corrected chi connectivity index (χ1v) is 8.01. The van der Waals surface area contributed by atoms with Crippen LogP contribution in [0.4, 0.5) is 0 Å². The van der Waals surface area contributed by atoms with Crippen molar-refractivity contribution in [1.29, 1.82) is 0 Å². The van der Waals surface area contributed by atoms with Crippen molar-refractivity contribution in [3.8, 4) is 0 Å². The van der Waals surface area contributed by atoms with E-state index in [1.54, 1.807) is 0 Å². The molecule has 0 radical (unpaired) electrons. The molecule has 2 heterocycles. The molecule has 1 aromatic heterocycles. The Labute approximate surface area is 133 Å². The number of hydrogen-bond donors (Lipinski definition) is 1. The molecular formula is C14H23BrN4O2. The molecule has 1 aliphatic heterocycles. The Hall–Kier alpha value is -0.920. The van der Waals surface area contributed by atoms with Gasteiger partial charge in [0.25, 0.3) is 0 Å². The highest BCUT2D eigenvalue weighted by Gasteiger charge is 2.34. The predicted octanol–water partition coefficient (Wildman–Crippen LogP) is 1.64. The molecule has 0 aliphatic carbocycles. The first-order valence-electron chi connectivity index (χ1n) is 7.22. The highest BCUT2D eigenvalue weighted by atomic mass is 79.9. The summed E-state index contributed by atoms with van der Waals surface area (Å²) in [5.41, 5.74) is 0.598. The number of hydrogen-bond acceptors (Lipinski definition) is 4. The lowest BCUT2D eigenvalue weighted by Crippen LogP contribution is -2.51. The van der Waals surface area contributed by atoms with Crippen LogP contribution >= 0.6 is 15.9 Å². The second-order valence-corrected chi connectivity index (χ2v) is 6.55. The van der Waals surface area contributed by atoms with Gasteiger partial charge in [0.05, 0.1) is 0 Å². The fourth-order valence-corrected chi connectivity index (χ4v) is 3.30. The van der Waals surface area contributed by atoms with Crippen molar-refractivity contribution in [2.45, 2.75) is 32.9 Å². The summed E-state index contributed by atoms with van der Waals surface area (Å²) in [5, 5.41) is 9.65. The van der Waals surface area contributed by atoms with Gasteiger partial charge in [-0.3, -0.25) is 14.6 Å². The number of nitrogens with zero attached hydrogens (tertiary/aromatic N) is 4. The van der Waals surface area contributed by atoms with Gasteiger partial charge in [0, 0.05) is 39.3 Å². The van der Waals surface area contributed by atoms with Crippen LogP contribution < -0.4 is 0 Å². The van der Waals surface area contributed by atoms with Crippen LogP contribution in [-0.2, 0) is 11.8 Å². The van der Waals surface area contributed by atoms with Crippen LogP contribution in [0.5, 0.6) is 0 Å². The number of aromatic nitrogens is 2. The highest BCUT2D eigenvalue weighted by molar-refractivity contribution is 9.10. The van der Waals surface area contributed by atoms with E-state index in [1.807, 2.05) is 23.4 Å². The summed E-state index contributed by atoms with van der Waals surface area (Å²) in [7, 11) is 1.88. The lowest BCUT2D eigenvalue weighted by molar-refractivity contribution is -0.144. The first kappa shape index (κ1) is 16.5. The van der Waals surface area contributed by atoms with Gasteiger partial charge in [-0.2, -0.15) is 0 Å². The Balaban J connectivity index is 2.21. The van der Waals surface area contributed by atoms with Gasteiger partial charge in [0.15, 0.2) is 6.04 Å². The van der Waals surface area contributed by atoms with Crippen LogP contribution in [0, 0.1) is 6.92 Å². The molecule has 1 N–H and O–H groups in total. The van der Waals surface area contributed by atoms with Crippen molar-refractivity contribution < 1.29 is 9.90 Å². The predicted molar refractivity (Wildman–Crippen MR) is 84.3 cm³/mol. The molecule has 7 heteroatoms. The smallest absolute Gasteiger partial charge is 0.327 e. The number of halogens is 1. The maximum absolute atomic E-state index is 11.8. The van der Waals surface area contributed by atoms with Crippen molar-refractivity contribution in [1.82, 2.24) is 19.4 Å². The van der Waals surface area contributed by atoms with E-state index in [0.29, 0.717) is 11.7 Å². The lowest BCUT2D eigenvalue weighted by atomic mass is 10.1. The Kier molecular flexibility index (Phi) is 5.06. The topological polar surface area (TPSA) is 61.6 Å². The Morgan fingerprint density at radius 1 is 1.24 bits per heavy atom. The van der Waals surface area contributed by atoms with E-state index >= 15 is 0 Å². The van der Waals surface area contributed by atoms with Gasteiger partial charge in [-0.05, 0) is 36.7 Å². The molecule has 118 valence electrons. The number of piperazine rings is 1. The van der Waals surface area contributed by atoms with Gasteiger partial charge in [-0.1, -0.05) is 0 Å². The van der Waals surface area contributed by atoms with E-state index in [-0.39, 0.29) is 0 Å². The molecule has 1 fully saturated rings. The van der Waals surface area contributed by atoms with Crippen molar-refractivity contribution >= 4 is 21.9 Å². The Bertz CT molecular complexity index is 521. The minimum absolute atomic E-state index is 0.499. The summed E-state index contributed by atoms with van der Waals surface area (Å²) < 4.78 is 2.62. The van der Waals surface area contributed by atoms with Crippen LogP contribution in [0.25, 0.3) is 0 Å². The van der Waals surface area contributed by atoms with Gasteiger partial charge in [0.2, 0.25) is 0 Å². The number of rotatable bonds is 4. The van der Waals surface area contributed by atoms with Crippen LogP contribution in [0.15, 0.2) is 4.60 Å². The number of aliphatic carboxylic acids is 1. The van der Waals surface area contributed by atoms with E-state index in [1.165, 1.54) is 0 Å². The number of carboxylic acids is 1. The Morgan fingerprint density at radius 3 is 2.14 bits per heavy atom. The number of carboxylic acid groups (broad SMARTS) is 1. The molecule has 0 amide bonds. The number of imidazole rings is 1. The zero-order valence-electron chi connectivity index (χ0n) is 13.0. The minimum atomic E-state index is -0.841. The third-order valence-electron chi connectivity index (χ3n) is 4.21. The molecule has 0 bridgehead atoms. The molecule has 2 rings (SSSR count). The van der Waals surface area contributed by atoms with Crippen LogP contribution in [-0.4, -0.2) is 62.6 Å². The average molecular weight is 359 g/mol. The SMILES string of the molecule is Cc1nc(C(C(=O)O)N2CCN(C(C)C)CC2)c(Br)n1C. The standard InChI is InChI=1S/C14H23BrN4O2/c1-9(2)18-5-7-19(8-6-18)12(14(20)21)11-13(15)17(4)10(3)16-11/h9,12H,5-8H2,1-4H3,(H,20,21). The summed E-state index contributed by atoms with van der Waals surface area (Å²) in [6.45, 7) is 9.50. The molecular weight excluding hydrogens is 336 g/mol. The first-order chi connectivity index (χ1) is 9.82. The van der Waals surface area contributed by atoms with Crippen molar-refractivity contribution in [2.24, 2.45) is 7.05 Å². The normalized spacial score (nSPS) is 19.1. The molecule has 1 aliphatic rings. The summed E-state index contributed by atoms with van der Waals surface area (Å²) in [4.78, 5) is 20.6. The molecule has 0 aromatic carbocycles. The second kappa shape index (κ2) is 6.46. The van der Waals surface area contributed by atoms with E-state index in [0.717, 1.165) is 36.6 Å². The monoisotopic (exact) mass is 358 g/mol. The third-order valence-corrected chi connectivity index (χ3v) is 5.15. The summed E-state index contributed by atoms with van der Waals surface area (Å²) in [6.07, 6.45) is 0. The van der Waals surface area contributed by atoms with E-state index in [2.05, 4.69) is 39.7 Å². The van der Waals surface area contributed by atoms with Gasteiger partial charge in [0.1, 0.15) is 16.1 Å². The van der Waals surface area contributed by atoms with E-state index in [9.17, 15) is 9.90 Å². The van der Waals surface area contributed by atoms with Gasteiger partial charge >= 0.3 is 5.97 Å². The lowest BCUT2D eigenvalue weighted by Gasteiger charge is -2.39. The zero-order valence-corrected chi connectivity index (χ0v) is 14.6. The number of aryl methyl sites for hydroxylation is 1. The quantitative estimate of drug-likeness (QED) is 0.886. The van der Waals surface area contributed by atoms with E-state index in [4.69, 9.17) is 0 Å². The third kappa shape index (κ3) is 3.30. The van der Waals surface area contributed by atoms with E-state index < -0.39 is 12.0 Å². The molecule has 1 atom stereocenters. The van der Waals surface area contributed by atoms with Crippen molar-refractivity contribution in [3.05, 3.63) is 16.1 Å². The number of carbonyl (C=O) groups is 1. The summed E-state index contributed by atoms with van der Waals surface area (Å²) in [6, 6.07) is -0.187. The molecule has 1 unspecified atom stereocenters. The highest BCUT2D eigenvalue weighted by Crippen LogP contribution is 2.29. The molecule has 0 saturated carbocycles. The molecule has 1 aromatic rings. The maximum atomic E-state index is 11.8. The maximum Gasteiger partial charge on any atom is 0.327 e. The zero-order chi connectivity index (χ0) is 15.7. The summed E-state index contributed by atoms with van der Waals surface area (Å²) >= 11 is 3.47. The van der Waals surface area contributed by atoms with Gasteiger partial charge < -0.3 is 9.67 Å². The minimum Gasteiger partial charge on any atom is -0.480 e. The van der Waals surface area contributed by atoms with Crippen LogP contribution in [0.1, 0.15) is 31.4 Å². The van der Waals surface area contributed by atoms with Crippen LogP contribution in [0.3, 0.4) is 0 Å². The van der Waals surface area contributed by atoms with Crippen LogP contribution in [0.2, 0.25) is 0 Å². The van der Waals surface area contributed by atoms with Gasteiger partial charge in [-0.25, -0.2) is 4.98 Å². The molecule has 6 nitrogen and oxygen atoms in total. The molecule has 21 heavy (non-hydrogen) atoms. The van der Waals surface area contributed by atoms with Crippen molar-refractivity contribution in [3.63, 3.8) is 0 Å².